The first-order valence-electron chi connectivity index (χ1n) is 14.5. The molecule has 0 radical (unpaired) electrons. The van der Waals surface area contributed by atoms with Gasteiger partial charge >= 0.3 is 6.09 Å². The van der Waals surface area contributed by atoms with E-state index in [0.717, 1.165) is 59.4 Å². The van der Waals surface area contributed by atoms with Crippen molar-refractivity contribution in [3.05, 3.63) is 57.3 Å². The topological polar surface area (TPSA) is 75.6 Å². The summed E-state index contributed by atoms with van der Waals surface area (Å²) in [6.45, 7) is 11.9. The van der Waals surface area contributed by atoms with Gasteiger partial charge < -0.3 is 9.64 Å². The molecule has 0 N–H and O–H groups in total. The van der Waals surface area contributed by atoms with Crippen molar-refractivity contribution < 1.29 is 14.3 Å². The number of halogens is 1. The van der Waals surface area contributed by atoms with Crippen LogP contribution in [0.1, 0.15) is 106 Å². The minimum atomic E-state index is -0.553. The molecule has 3 aliphatic rings. The van der Waals surface area contributed by atoms with E-state index in [1.807, 2.05) is 62.7 Å². The fourth-order valence-electron chi connectivity index (χ4n) is 7.35. The summed E-state index contributed by atoms with van der Waals surface area (Å²) in [6, 6.07) is 7.87. The number of aromatic nitrogens is 2. The number of amides is 2. The number of fused-ring (bicyclic) bond motifs is 3. The molecule has 9 heteroatoms. The highest BCUT2D eigenvalue weighted by atomic mass is 35.5. The molecule has 3 aromatic rings. The van der Waals surface area contributed by atoms with E-state index in [9.17, 15) is 9.59 Å². The molecule has 1 saturated carbocycles. The van der Waals surface area contributed by atoms with Gasteiger partial charge in [0, 0.05) is 46.1 Å². The van der Waals surface area contributed by atoms with Crippen molar-refractivity contribution >= 4 is 45.2 Å². The van der Waals surface area contributed by atoms with Gasteiger partial charge in [-0.05, 0) is 109 Å². The van der Waals surface area contributed by atoms with Crippen LogP contribution in [0.3, 0.4) is 0 Å². The number of aryl methyl sites for hydroxylation is 1. The Morgan fingerprint density at radius 3 is 2.41 bits per heavy atom. The Hall–Kier alpha value is -2.71. The second-order valence-corrected chi connectivity index (χ2v) is 15.1. The van der Waals surface area contributed by atoms with Gasteiger partial charge in [-0.15, -0.1) is 11.3 Å². The smallest absolute Gasteiger partial charge is 0.411 e. The molecule has 2 amide bonds. The Morgan fingerprint density at radius 2 is 1.78 bits per heavy atom. The van der Waals surface area contributed by atoms with Gasteiger partial charge in [0.05, 0.1) is 5.69 Å². The highest BCUT2D eigenvalue weighted by Crippen LogP contribution is 2.57. The van der Waals surface area contributed by atoms with Gasteiger partial charge in [-0.1, -0.05) is 17.7 Å². The number of carbonyl (C=O) groups excluding carboxylic acids is 2. The number of benzene rings is 1. The summed E-state index contributed by atoms with van der Waals surface area (Å²) in [6.07, 6.45) is 3.96. The lowest BCUT2D eigenvalue weighted by atomic mass is 9.81. The fourth-order valence-corrected chi connectivity index (χ4v) is 8.49. The van der Waals surface area contributed by atoms with Crippen LogP contribution in [0.5, 0.6) is 0 Å². The summed E-state index contributed by atoms with van der Waals surface area (Å²) in [5.74, 6) is 1.35. The molecule has 7 nitrogen and oxygen atoms in total. The van der Waals surface area contributed by atoms with Crippen LogP contribution in [0.15, 0.2) is 29.6 Å². The first-order valence-corrected chi connectivity index (χ1v) is 15.8. The van der Waals surface area contributed by atoms with Gasteiger partial charge in [-0.25, -0.2) is 14.8 Å². The number of hydrogen-bond acceptors (Lipinski definition) is 6. The van der Waals surface area contributed by atoms with Gasteiger partial charge in [0.25, 0.3) is 5.91 Å². The second-order valence-electron chi connectivity index (χ2n) is 13.8. The number of thiophene rings is 1. The maximum atomic E-state index is 13.7. The van der Waals surface area contributed by atoms with Crippen LogP contribution < -0.4 is 0 Å². The van der Waals surface area contributed by atoms with Crippen LogP contribution in [0.25, 0.3) is 10.2 Å². The van der Waals surface area contributed by atoms with Crippen molar-refractivity contribution in [2.24, 2.45) is 0 Å². The average Bonchev–Trinajstić information content (AvgIpc) is 3.47. The predicted octanol–water partition coefficient (Wildman–Crippen LogP) is 7.71. The molecule has 1 aromatic carbocycles. The molecule has 218 valence electrons. The number of rotatable bonds is 4. The first-order chi connectivity index (χ1) is 19.2. The molecule has 2 saturated heterocycles. The summed E-state index contributed by atoms with van der Waals surface area (Å²) in [5, 5.41) is 3.83. The van der Waals surface area contributed by atoms with Crippen molar-refractivity contribution in [2.75, 3.05) is 7.05 Å². The van der Waals surface area contributed by atoms with Crippen molar-refractivity contribution in [1.29, 1.82) is 0 Å². The number of hydrogen-bond donors (Lipinski definition) is 0. The summed E-state index contributed by atoms with van der Waals surface area (Å²) >= 11 is 8.47. The van der Waals surface area contributed by atoms with Crippen LogP contribution in [0, 0.1) is 6.92 Å². The molecule has 2 bridgehead atoms. The molecule has 5 atom stereocenters. The van der Waals surface area contributed by atoms with Crippen molar-refractivity contribution in [3.63, 3.8) is 0 Å². The number of piperidine rings is 1. The summed E-state index contributed by atoms with van der Waals surface area (Å²) in [7, 11) is 1.88. The lowest BCUT2D eigenvalue weighted by Crippen LogP contribution is -2.63. The molecule has 0 spiro atoms. The standard InChI is InChI=1S/C32H39ClN4O3S/c1-18-34-26(22-10-13-41-27(22)35-18)24-15-23(24)21-9-8-19(14-25(21)33)28(38)36(7)20-16-31(5)11-12-32(6,17-20)37(31)29(39)40-30(2,3)4/h8-10,13-14,20,23-24H,11-12,15-17H2,1-7H3/t20?,23?,24?,31-,32+. The average molecular weight is 595 g/mol. The molecule has 3 unspecified atom stereocenters. The Labute approximate surface area is 251 Å². The van der Waals surface area contributed by atoms with Gasteiger partial charge in [0.1, 0.15) is 16.3 Å². The number of ether oxygens (including phenoxy) is 1. The Bertz CT molecular complexity index is 1530. The van der Waals surface area contributed by atoms with E-state index < -0.39 is 5.60 Å². The minimum absolute atomic E-state index is 0.0129. The monoisotopic (exact) mass is 594 g/mol. The Morgan fingerprint density at radius 1 is 1.10 bits per heavy atom. The minimum Gasteiger partial charge on any atom is -0.444 e. The zero-order chi connectivity index (χ0) is 29.5. The normalized spacial score (nSPS) is 29.1. The summed E-state index contributed by atoms with van der Waals surface area (Å²) in [4.78, 5) is 41.2. The van der Waals surface area contributed by atoms with Crippen LogP contribution in [0.4, 0.5) is 4.79 Å². The van der Waals surface area contributed by atoms with E-state index >= 15 is 0 Å². The van der Waals surface area contributed by atoms with Crippen molar-refractivity contribution in [3.8, 4) is 0 Å². The first kappa shape index (κ1) is 28.4. The zero-order valence-electron chi connectivity index (χ0n) is 25.0. The van der Waals surface area contributed by atoms with Crippen LogP contribution >= 0.6 is 22.9 Å². The lowest BCUT2D eigenvalue weighted by molar-refractivity contribution is -0.0471. The SMILES string of the molecule is Cc1nc(C2CC2c2ccc(C(=O)N(C)C3C[C@]4(C)CC[C@](C)(C3)N4C(=O)OC(C)(C)C)cc2Cl)c2ccsc2n1. The zero-order valence-corrected chi connectivity index (χ0v) is 26.5. The quantitative estimate of drug-likeness (QED) is 0.309. The molecule has 3 fully saturated rings. The highest BCUT2D eigenvalue weighted by molar-refractivity contribution is 7.16. The molecule has 2 aliphatic heterocycles. The van der Waals surface area contributed by atoms with E-state index in [-0.39, 0.29) is 35.0 Å². The number of nitrogens with zero attached hydrogens (tertiary/aromatic N) is 4. The van der Waals surface area contributed by atoms with E-state index in [1.165, 1.54) is 0 Å². The maximum absolute atomic E-state index is 13.7. The van der Waals surface area contributed by atoms with Crippen LogP contribution in [0.2, 0.25) is 5.02 Å². The molecule has 1 aliphatic carbocycles. The Kier molecular flexibility index (Phi) is 6.70. The molecule has 2 aromatic heterocycles. The van der Waals surface area contributed by atoms with Crippen LogP contribution in [-0.4, -0.2) is 61.5 Å². The summed E-state index contributed by atoms with van der Waals surface area (Å²) < 4.78 is 5.79. The van der Waals surface area contributed by atoms with Crippen molar-refractivity contribution in [1.82, 2.24) is 19.8 Å². The number of carbonyl (C=O) groups is 2. The fraction of sp³-hybridized carbons (Fsp3) is 0.562. The van der Waals surface area contributed by atoms with Gasteiger partial charge in [0.2, 0.25) is 0 Å². The largest absolute Gasteiger partial charge is 0.444 e. The molecule has 6 rings (SSSR count). The molecular weight excluding hydrogens is 556 g/mol. The van der Waals surface area contributed by atoms with Crippen molar-refractivity contribution in [2.45, 2.75) is 108 Å². The van der Waals surface area contributed by atoms with E-state index in [1.54, 1.807) is 11.3 Å². The molecule has 4 heterocycles. The third kappa shape index (κ3) is 5.01. The third-order valence-corrected chi connectivity index (χ3v) is 10.5. The summed E-state index contributed by atoms with van der Waals surface area (Å²) in [5.41, 5.74) is 1.49. The van der Waals surface area contributed by atoms with Gasteiger partial charge in [-0.3, -0.25) is 9.69 Å². The van der Waals surface area contributed by atoms with E-state index in [0.29, 0.717) is 16.5 Å². The van der Waals surface area contributed by atoms with Crippen LogP contribution in [-0.2, 0) is 4.74 Å². The predicted molar refractivity (Wildman–Crippen MR) is 163 cm³/mol. The third-order valence-electron chi connectivity index (χ3n) is 9.33. The van der Waals surface area contributed by atoms with E-state index in [4.69, 9.17) is 21.3 Å². The molecule has 41 heavy (non-hydrogen) atoms. The Balaban J connectivity index is 1.17. The van der Waals surface area contributed by atoms with Gasteiger partial charge in [0.15, 0.2) is 0 Å². The lowest BCUT2D eigenvalue weighted by Gasteiger charge is -2.52. The van der Waals surface area contributed by atoms with E-state index in [2.05, 4.69) is 30.3 Å². The molecular formula is C32H39ClN4O3S. The maximum Gasteiger partial charge on any atom is 0.411 e. The highest BCUT2D eigenvalue weighted by Gasteiger charge is 2.59. The second kappa shape index (κ2) is 9.66. The van der Waals surface area contributed by atoms with Gasteiger partial charge in [-0.2, -0.15) is 0 Å².